The zero-order chi connectivity index (χ0) is 17.2. The summed E-state index contributed by atoms with van der Waals surface area (Å²) in [5.74, 6) is -0.333. The largest absolute Gasteiger partial charge is 0.488 e. The number of para-hydroxylation sites is 1. The smallest absolute Gasteiger partial charge is 0.220 e. The summed E-state index contributed by atoms with van der Waals surface area (Å²) in [5, 5.41) is 2.94. The highest BCUT2D eigenvalue weighted by molar-refractivity contribution is 5.76. The second-order valence-electron chi connectivity index (χ2n) is 5.37. The van der Waals surface area contributed by atoms with Crippen molar-refractivity contribution >= 4 is 5.91 Å². The molecule has 2 aromatic rings. The summed E-state index contributed by atoms with van der Waals surface area (Å²) in [4.78, 5) is 12.1. The molecule has 0 saturated heterocycles. The van der Waals surface area contributed by atoms with Crippen molar-refractivity contribution in [3.05, 3.63) is 66.0 Å². The Morgan fingerprint density at radius 1 is 1.12 bits per heavy atom. The van der Waals surface area contributed by atoms with Crippen LogP contribution in [0.1, 0.15) is 24.4 Å². The molecule has 1 unspecified atom stereocenters. The maximum Gasteiger partial charge on any atom is 0.220 e. The number of ether oxygens (including phenoxy) is 2. The minimum absolute atomic E-state index is 0.0852. The minimum atomic E-state index is -0.421. The maximum atomic E-state index is 13.7. The summed E-state index contributed by atoms with van der Waals surface area (Å²) in [7, 11) is 1.60. The number of carbonyl (C=O) groups is 1. The lowest BCUT2D eigenvalue weighted by molar-refractivity contribution is -0.122. The van der Waals surface area contributed by atoms with Gasteiger partial charge >= 0.3 is 0 Å². The molecular formula is C19H22FNO3. The zero-order valence-electron chi connectivity index (χ0n) is 13.7. The van der Waals surface area contributed by atoms with Crippen molar-refractivity contribution in [1.82, 2.24) is 5.32 Å². The van der Waals surface area contributed by atoms with Gasteiger partial charge in [-0.1, -0.05) is 42.5 Å². The monoisotopic (exact) mass is 331 g/mol. The Kier molecular flexibility index (Phi) is 7.23. The molecular weight excluding hydrogens is 309 g/mol. The van der Waals surface area contributed by atoms with Gasteiger partial charge in [0, 0.05) is 20.1 Å². The molecule has 2 rings (SSSR count). The molecule has 1 amide bonds. The standard InChI is InChI=1S/C19H22FNO3/c1-23-13-7-12-19(22)21-17(15-8-3-2-4-9-15)14-24-18-11-6-5-10-16(18)20/h2-6,8-11,17H,7,12-14H2,1H3,(H,21,22). The van der Waals surface area contributed by atoms with Gasteiger partial charge in [-0.25, -0.2) is 4.39 Å². The summed E-state index contributed by atoms with van der Waals surface area (Å²) in [6.45, 7) is 0.691. The number of hydrogen-bond acceptors (Lipinski definition) is 3. The van der Waals surface area contributed by atoms with Gasteiger partial charge in [0.25, 0.3) is 0 Å². The van der Waals surface area contributed by atoms with Crippen LogP contribution in [0, 0.1) is 5.82 Å². The molecule has 1 atom stereocenters. The predicted molar refractivity (Wildman–Crippen MR) is 90.3 cm³/mol. The Hall–Kier alpha value is -2.40. The fourth-order valence-electron chi connectivity index (χ4n) is 2.29. The summed E-state index contributed by atoms with van der Waals surface area (Å²) in [5.41, 5.74) is 0.911. The predicted octanol–water partition coefficient (Wildman–Crippen LogP) is 3.49. The van der Waals surface area contributed by atoms with Gasteiger partial charge in [-0.05, 0) is 24.1 Å². The minimum Gasteiger partial charge on any atom is -0.488 e. The van der Waals surface area contributed by atoms with Gasteiger partial charge in [0.05, 0.1) is 6.04 Å². The van der Waals surface area contributed by atoms with E-state index in [-0.39, 0.29) is 24.3 Å². The topological polar surface area (TPSA) is 47.6 Å². The second-order valence-corrected chi connectivity index (χ2v) is 5.37. The van der Waals surface area contributed by atoms with Gasteiger partial charge in [0.2, 0.25) is 5.91 Å². The van der Waals surface area contributed by atoms with E-state index in [0.717, 1.165) is 5.56 Å². The molecule has 0 heterocycles. The highest BCUT2D eigenvalue weighted by Gasteiger charge is 2.16. The van der Waals surface area contributed by atoms with E-state index in [4.69, 9.17) is 9.47 Å². The van der Waals surface area contributed by atoms with Gasteiger partial charge in [0.1, 0.15) is 6.61 Å². The SMILES string of the molecule is COCCCC(=O)NC(COc1ccccc1F)c1ccccc1. The van der Waals surface area contributed by atoms with Gasteiger partial charge in [-0.15, -0.1) is 0 Å². The van der Waals surface area contributed by atoms with E-state index in [9.17, 15) is 9.18 Å². The molecule has 128 valence electrons. The zero-order valence-corrected chi connectivity index (χ0v) is 13.7. The van der Waals surface area contributed by atoms with Crippen LogP contribution in [0.5, 0.6) is 5.75 Å². The van der Waals surface area contributed by atoms with Crippen molar-refractivity contribution in [3.8, 4) is 5.75 Å². The van der Waals surface area contributed by atoms with Crippen molar-refractivity contribution in [2.45, 2.75) is 18.9 Å². The van der Waals surface area contributed by atoms with Crippen LogP contribution in [0.4, 0.5) is 4.39 Å². The van der Waals surface area contributed by atoms with Crippen LogP contribution in [0.3, 0.4) is 0 Å². The van der Waals surface area contributed by atoms with Crippen molar-refractivity contribution in [3.63, 3.8) is 0 Å². The Bertz CT molecular complexity index is 634. The van der Waals surface area contributed by atoms with Gasteiger partial charge in [0.15, 0.2) is 11.6 Å². The van der Waals surface area contributed by atoms with Crippen molar-refractivity contribution < 1.29 is 18.7 Å². The quantitative estimate of drug-likeness (QED) is 0.716. The van der Waals surface area contributed by atoms with Gasteiger partial charge in [-0.2, -0.15) is 0 Å². The summed E-state index contributed by atoms with van der Waals surface area (Å²) < 4.78 is 24.2. The first kappa shape index (κ1) is 17.9. The van der Waals surface area contributed by atoms with Gasteiger partial charge < -0.3 is 14.8 Å². The molecule has 0 radical (unpaired) electrons. The molecule has 5 heteroatoms. The van der Waals surface area contributed by atoms with E-state index >= 15 is 0 Å². The number of benzene rings is 2. The van der Waals surface area contributed by atoms with Gasteiger partial charge in [-0.3, -0.25) is 4.79 Å². The number of methoxy groups -OCH3 is 1. The lowest BCUT2D eigenvalue weighted by Gasteiger charge is -2.20. The fraction of sp³-hybridized carbons (Fsp3) is 0.316. The third-order valence-electron chi connectivity index (χ3n) is 3.53. The molecule has 0 aliphatic rings. The average molecular weight is 331 g/mol. The maximum absolute atomic E-state index is 13.7. The third kappa shape index (κ3) is 5.66. The molecule has 0 bridgehead atoms. The van der Waals surface area contributed by atoms with E-state index in [0.29, 0.717) is 19.4 Å². The molecule has 0 aliphatic carbocycles. The van der Waals surface area contributed by atoms with E-state index in [1.807, 2.05) is 30.3 Å². The number of rotatable bonds is 9. The van der Waals surface area contributed by atoms with E-state index in [1.165, 1.54) is 6.07 Å². The summed E-state index contributed by atoms with van der Waals surface area (Å²) in [6, 6.07) is 15.4. The molecule has 2 aromatic carbocycles. The number of halogens is 1. The Morgan fingerprint density at radius 3 is 2.54 bits per heavy atom. The second kappa shape index (κ2) is 9.67. The highest BCUT2D eigenvalue weighted by Crippen LogP contribution is 2.19. The number of carbonyl (C=O) groups excluding carboxylic acids is 1. The summed E-state index contributed by atoms with van der Waals surface area (Å²) >= 11 is 0. The molecule has 0 aliphatic heterocycles. The third-order valence-corrected chi connectivity index (χ3v) is 3.53. The Labute approximate surface area is 141 Å². The van der Waals surface area contributed by atoms with E-state index in [1.54, 1.807) is 25.3 Å². The number of nitrogens with one attached hydrogen (secondary N) is 1. The van der Waals surface area contributed by atoms with Crippen molar-refractivity contribution in [2.24, 2.45) is 0 Å². The summed E-state index contributed by atoms with van der Waals surface area (Å²) in [6.07, 6.45) is 1.02. The number of hydrogen-bond donors (Lipinski definition) is 1. The molecule has 24 heavy (non-hydrogen) atoms. The molecule has 0 spiro atoms. The van der Waals surface area contributed by atoms with Crippen LogP contribution >= 0.6 is 0 Å². The molecule has 0 aromatic heterocycles. The van der Waals surface area contributed by atoms with Crippen molar-refractivity contribution in [1.29, 1.82) is 0 Å². The van der Waals surface area contributed by atoms with E-state index in [2.05, 4.69) is 5.32 Å². The Morgan fingerprint density at radius 2 is 1.83 bits per heavy atom. The Balaban J connectivity index is 2.01. The van der Waals surface area contributed by atoms with Crippen LogP contribution in [-0.2, 0) is 9.53 Å². The first-order valence-electron chi connectivity index (χ1n) is 7.91. The molecule has 4 nitrogen and oxygen atoms in total. The first-order valence-corrected chi connectivity index (χ1v) is 7.91. The fourth-order valence-corrected chi connectivity index (χ4v) is 2.29. The number of amides is 1. The van der Waals surface area contributed by atoms with Crippen LogP contribution in [0.15, 0.2) is 54.6 Å². The van der Waals surface area contributed by atoms with Crippen LogP contribution < -0.4 is 10.1 Å². The normalized spacial score (nSPS) is 11.8. The van der Waals surface area contributed by atoms with Crippen LogP contribution in [-0.4, -0.2) is 26.2 Å². The molecule has 1 N–H and O–H groups in total. The average Bonchev–Trinajstić information content (AvgIpc) is 2.61. The van der Waals surface area contributed by atoms with Crippen molar-refractivity contribution in [2.75, 3.05) is 20.3 Å². The highest BCUT2D eigenvalue weighted by atomic mass is 19.1. The first-order chi connectivity index (χ1) is 11.7. The molecule has 0 saturated carbocycles. The van der Waals surface area contributed by atoms with E-state index < -0.39 is 5.82 Å². The molecule has 0 fully saturated rings. The lowest BCUT2D eigenvalue weighted by atomic mass is 10.1. The lowest BCUT2D eigenvalue weighted by Crippen LogP contribution is -2.32. The van der Waals surface area contributed by atoms with Crippen LogP contribution in [0.25, 0.3) is 0 Å². The van der Waals surface area contributed by atoms with Crippen LogP contribution in [0.2, 0.25) is 0 Å².